The number of carbonyl (C=O) groups is 3. The lowest BCUT2D eigenvalue weighted by Crippen LogP contribution is -2.56. The van der Waals surface area contributed by atoms with Crippen LogP contribution >= 0.6 is 11.6 Å². The van der Waals surface area contributed by atoms with Gasteiger partial charge in [-0.25, -0.2) is 0 Å². The van der Waals surface area contributed by atoms with E-state index in [9.17, 15) is 19.5 Å². The van der Waals surface area contributed by atoms with Crippen LogP contribution < -0.4 is 4.90 Å². The molecule has 2 bridgehead atoms. The highest BCUT2D eigenvalue weighted by atomic mass is 35.5. The third-order valence-corrected chi connectivity index (χ3v) is 7.67. The molecule has 4 rings (SSSR count). The number of hydrogen-bond donors (Lipinski definition) is 1. The minimum atomic E-state index is -1.10. The van der Waals surface area contributed by atoms with Gasteiger partial charge >= 0.3 is 5.97 Å². The van der Waals surface area contributed by atoms with E-state index in [1.807, 2.05) is 0 Å². The first-order valence-corrected chi connectivity index (χ1v) is 12.8. The lowest BCUT2D eigenvalue weighted by molar-refractivity contribution is -0.154. The van der Waals surface area contributed by atoms with Crippen molar-refractivity contribution in [2.75, 3.05) is 31.2 Å². The van der Waals surface area contributed by atoms with Gasteiger partial charge in [-0.3, -0.25) is 14.4 Å². The van der Waals surface area contributed by atoms with E-state index in [0.29, 0.717) is 49.4 Å². The zero-order valence-corrected chi connectivity index (χ0v) is 21.1. The number of amides is 2. The van der Waals surface area contributed by atoms with Gasteiger partial charge < -0.3 is 24.4 Å². The highest BCUT2D eigenvalue weighted by Crippen LogP contribution is 2.59. The van der Waals surface area contributed by atoms with Crippen molar-refractivity contribution < 1.29 is 29.0 Å². The zero-order chi connectivity index (χ0) is 25.9. The second kappa shape index (κ2) is 11.2. The number of likely N-dealkylation sites (tertiary alicyclic amines) is 1. The maximum absolute atomic E-state index is 14.2. The molecule has 0 saturated carbocycles. The van der Waals surface area contributed by atoms with Crippen LogP contribution in [0.3, 0.4) is 0 Å². The van der Waals surface area contributed by atoms with Gasteiger partial charge in [0.05, 0.1) is 17.9 Å². The number of aliphatic hydroxyl groups excluding tert-OH is 1. The van der Waals surface area contributed by atoms with Crippen molar-refractivity contribution in [1.82, 2.24) is 4.90 Å². The van der Waals surface area contributed by atoms with Crippen LogP contribution in [0.4, 0.5) is 5.69 Å². The van der Waals surface area contributed by atoms with Crippen molar-refractivity contribution in [2.24, 2.45) is 11.8 Å². The van der Waals surface area contributed by atoms with Crippen LogP contribution in [0.15, 0.2) is 49.6 Å². The van der Waals surface area contributed by atoms with Gasteiger partial charge in [-0.1, -0.05) is 30.3 Å². The molecule has 3 aliphatic heterocycles. The van der Waals surface area contributed by atoms with Crippen LogP contribution in [0.2, 0.25) is 5.02 Å². The summed E-state index contributed by atoms with van der Waals surface area (Å²) in [6.45, 7) is 8.07. The summed E-state index contributed by atoms with van der Waals surface area (Å²) in [5.74, 6) is -2.57. The fraction of sp³-hybridized carbons (Fsp3) is 0.519. The molecule has 2 unspecified atom stereocenters. The number of unbranched alkanes of at least 4 members (excludes halogenated alkanes) is 2. The van der Waals surface area contributed by atoms with Crippen LogP contribution in [0.1, 0.15) is 32.1 Å². The van der Waals surface area contributed by atoms with Gasteiger partial charge in [-0.2, -0.15) is 0 Å². The summed E-state index contributed by atoms with van der Waals surface area (Å²) in [4.78, 5) is 44.3. The molecule has 36 heavy (non-hydrogen) atoms. The molecule has 0 aromatic heterocycles. The van der Waals surface area contributed by atoms with E-state index in [1.165, 1.54) is 6.08 Å². The Morgan fingerprint density at radius 1 is 1.22 bits per heavy atom. The molecule has 3 saturated heterocycles. The zero-order valence-electron chi connectivity index (χ0n) is 20.3. The number of hydrogen-bond acceptors (Lipinski definition) is 6. The summed E-state index contributed by atoms with van der Waals surface area (Å²) < 4.78 is 11.8. The topological polar surface area (TPSA) is 96.4 Å². The molecular formula is C27H33ClN2O6. The average molecular weight is 517 g/mol. The number of fused-ring (bicyclic) bond motifs is 1. The number of carbonyl (C=O) groups excluding carboxylic acids is 3. The maximum Gasteiger partial charge on any atom is 0.312 e. The molecule has 3 fully saturated rings. The number of nitrogens with zero attached hydrogens (tertiary/aromatic N) is 2. The quantitative estimate of drug-likeness (QED) is 0.260. The molecular weight excluding hydrogens is 484 g/mol. The second-order valence-electron chi connectivity index (χ2n) is 9.50. The van der Waals surface area contributed by atoms with Crippen molar-refractivity contribution in [3.8, 4) is 0 Å². The standard InChI is InChI=1S/C27H33ClN2O6/c1-3-14-29(19-10-8-18(28)9-11-19)25(33)23-27-13-12-20(36-27)21(26(34)35-17-4-2)22(27)24(32)30(23)15-6-5-7-16-31/h3-4,8-11,20-23,31H,1-2,5-7,12-17H2/t20-,21+,22+,23?,27?/m1/s1. The first-order valence-electron chi connectivity index (χ1n) is 12.4. The molecule has 0 radical (unpaired) electrons. The summed E-state index contributed by atoms with van der Waals surface area (Å²) in [5.41, 5.74) is -0.467. The smallest absolute Gasteiger partial charge is 0.312 e. The Morgan fingerprint density at radius 2 is 1.97 bits per heavy atom. The summed E-state index contributed by atoms with van der Waals surface area (Å²) in [6.07, 6.45) is 5.66. The van der Waals surface area contributed by atoms with Crippen molar-refractivity contribution >= 4 is 35.1 Å². The molecule has 3 aliphatic rings. The minimum absolute atomic E-state index is 0.0485. The monoisotopic (exact) mass is 516 g/mol. The Morgan fingerprint density at radius 3 is 2.64 bits per heavy atom. The van der Waals surface area contributed by atoms with E-state index in [1.54, 1.807) is 40.1 Å². The number of benzene rings is 1. The Bertz CT molecular complexity index is 1010. The Labute approximate surface area is 216 Å². The fourth-order valence-corrected chi connectivity index (χ4v) is 6.10. The first-order chi connectivity index (χ1) is 17.4. The second-order valence-corrected chi connectivity index (χ2v) is 9.94. The van der Waals surface area contributed by atoms with Crippen LogP contribution in [-0.2, 0) is 23.9 Å². The molecule has 1 spiro atoms. The van der Waals surface area contributed by atoms with Gasteiger partial charge in [0.15, 0.2) is 0 Å². The summed E-state index contributed by atoms with van der Waals surface area (Å²) in [6, 6.07) is 6.03. The van der Waals surface area contributed by atoms with Crippen molar-refractivity contribution in [3.05, 3.63) is 54.6 Å². The van der Waals surface area contributed by atoms with Crippen LogP contribution in [0, 0.1) is 11.8 Å². The van der Waals surface area contributed by atoms with Crippen molar-refractivity contribution in [1.29, 1.82) is 0 Å². The van der Waals surface area contributed by atoms with E-state index in [-0.39, 0.29) is 31.6 Å². The van der Waals surface area contributed by atoms with E-state index >= 15 is 0 Å². The van der Waals surface area contributed by atoms with E-state index < -0.39 is 35.6 Å². The largest absolute Gasteiger partial charge is 0.461 e. The minimum Gasteiger partial charge on any atom is -0.461 e. The van der Waals surface area contributed by atoms with Gasteiger partial charge in [0.25, 0.3) is 5.91 Å². The Balaban J connectivity index is 1.71. The molecule has 8 nitrogen and oxygen atoms in total. The highest BCUT2D eigenvalue weighted by Gasteiger charge is 2.75. The molecule has 1 aromatic carbocycles. The van der Waals surface area contributed by atoms with E-state index in [0.717, 1.165) is 0 Å². The lowest BCUT2D eigenvalue weighted by atomic mass is 9.70. The summed E-state index contributed by atoms with van der Waals surface area (Å²) in [5, 5.41) is 9.72. The van der Waals surface area contributed by atoms with Gasteiger partial charge in [0.1, 0.15) is 18.2 Å². The van der Waals surface area contributed by atoms with Gasteiger partial charge in [-0.15, -0.1) is 6.58 Å². The molecule has 1 N–H and O–H groups in total. The number of ether oxygens (including phenoxy) is 2. The third kappa shape index (κ3) is 4.58. The lowest BCUT2D eigenvalue weighted by Gasteiger charge is -2.36. The van der Waals surface area contributed by atoms with Gasteiger partial charge in [0, 0.05) is 30.4 Å². The summed E-state index contributed by atoms with van der Waals surface area (Å²) in [7, 11) is 0. The maximum atomic E-state index is 14.2. The Hall–Kier alpha value is -2.68. The molecule has 3 heterocycles. The SMILES string of the molecule is C=CCOC(=O)[C@@H]1[C@H]2C(=O)N(CCCCCO)C(C(=O)N(CC=C)c3ccc(Cl)cc3)C23CC[C@H]1O3. The van der Waals surface area contributed by atoms with Gasteiger partial charge in [-0.05, 0) is 56.4 Å². The Kier molecular flexibility index (Phi) is 8.17. The number of halogens is 1. The number of esters is 1. The molecule has 0 aliphatic carbocycles. The number of aliphatic hydroxyl groups is 1. The average Bonchev–Trinajstić information content (AvgIpc) is 3.51. The molecule has 1 aromatic rings. The van der Waals surface area contributed by atoms with Crippen LogP contribution in [0.5, 0.6) is 0 Å². The van der Waals surface area contributed by atoms with Crippen molar-refractivity contribution in [2.45, 2.75) is 49.9 Å². The molecule has 5 atom stereocenters. The number of rotatable bonds is 12. The highest BCUT2D eigenvalue weighted by molar-refractivity contribution is 6.30. The van der Waals surface area contributed by atoms with Crippen LogP contribution in [-0.4, -0.2) is 71.8 Å². The van der Waals surface area contributed by atoms with Gasteiger partial charge in [0.2, 0.25) is 5.91 Å². The summed E-state index contributed by atoms with van der Waals surface area (Å²) >= 11 is 6.07. The number of anilines is 1. The first kappa shape index (κ1) is 26.4. The molecule has 9 heteroatoms. The predicted octanol–water partition coefficient (Wildman–Crippen LogP) is 3.13. The van der Waals surface area contributed by atoms with Crippen LogP contribution in [0.25, 0.3) is 0 Å². The van der Waals surface area contributed by atoms with E-state index in [4.69, 9.17) is 21.1 Å². The molecule has 194 valence electrons. The fourth-order valence-electron chi connectivity index (χ4n) is 5.97. The molecule has 2 amide bonds. The normalized spacial score (nSPS) is 28.2. The van der Waals surface area contributed by atoms with E-state index in [2.05, 4.69) is 13.2 Å². The third-order valence-electron chi connectivity index (χ3n) is 7.42. The van der Waals surface area contributed by atoms with Crippen molar-refractivity contribution in [3.63, 3.8) is 0 Å². The predicted molar refractivity (Wildman–Crippen MR) is 135 cm³/mol.